The highest BCUT2D eigenvalue weighted by molar-refractivity contribution is 7.99. The lowest BCUT2D eigenvalue weighted by molar-refractivity contribution is 0.969. The van der Waals surface area contributed by atoms with E-state index in [1.54, 1.807) is 0 Å². The molecule has 0 amide bonds. The highest BCUT2D eigenvalue weighted by Gasteiger charge is 2.06. The molecule has 0 unspecified atom stereocenters. The number of amidine groups is 1. The molecule has 0 aliphatic carbocycles. The second-order valence-corrected chi connectivity index (χ2v) is 4.74. The Hall–Kier alpha value is -1.82. The fourth-order valence-corrected chi connectivity index (χ4v) is 2.33. The number of aromatic amines is 1. The van der Waals surface area contributed by atoms with Crippen molar-refractivity contribution in [1.29, 1.82) is 5.41 Å². The van der Waals surface area contributed by atoms with Crippen molar-refractivity contribution in [3.05, 3.63) is 35.2 Å². The minimum Gasteiger partial charge on any atom is -0.384 e. The Morgan fingerprint density at radius 3 is 2.71 bits per heavy atom. The quantitative estimate of drug-likeness (QED) is 0.570. The zero-order valence-corrected chi connectivity index (χ0v) is 10.4. The third kappa shape index (κ3) is 2.65. The molecule has 17 heavy (non-hydrogen) atoms. The molecule has 0 radical (unpaired) electrons. The second kappa shape index (κ2) is 4.58. The van der Waals surface area contributed by atoms with E-state index in [9.17, 15) is 0 Å². The largest absolute Gasteiger partial charge is 0.384 e. The van der Waals surface area contributed by atoms with Crippen molar-refractivity contribution in [3.8, 4) is 0 Å². The van der Waals surface area contributed by atoms with Gasteiger partial charge in [-0.15, -0.1) is 5.10 Å². The number of rotatable bonds is 3. The second-order valence-electron chi connectivity index (χ2n) is 3.70. The maximum atomic E-state index is 7.41. The Kier molecular flexibility index (Phi) is 3.14. The van der Waals surface area contributed by atoms with Gasteiger partial charge in [-0.05, 0) is 49.4 Å². The van der Waals surface area contributed by atoms with Gasteiger partial charge >= 0.3 is 0 Å². The molecule has 4 N–H and O–H groups in total. The average molecular weight is 247 g/mol. The summed E-state index contributed by atoms with van der Waals surface area (Å²) in [6, 6.07) is 5.74. The van der Waals surface area contributed by atoms with Gasteiger partial charge in [0.05, 0.1) is 0 Å². The Balaban J connectivity index is 2.23. The minimum atomic E-state index is 0.0905. The molecule has 0 aliphatic heterocycles. The van der Waals surface area contributed by atoms with Crippen LogP contribution in [0.2, 0.25) is 0 Å². The summed E-state index contributed by atoms with van der Waals surface area (Å²) in [5.41, 5.74) is 7.21. The van der Waals surface area contributed by atoms with Crippen LogP contribution in [0.3, 0.4) is 0 Å². The number of aromatic nitrogens is 3. The number of nitrogens with two attached hydrogens (primary N) is 1. The van der Waals surface area contributed by atoms with E-state index in [0.717, 1.165) is 21.8 Å². The van der Waals surface area contributed by atoms with Crippen LogP contribution in [0.4, 0.5) is 0 Å². The molecule has 5 nitrogen and oxygen atoms in total. The van der Waals surface area contributed by atoms with Gasteiger partial charge in [0.15, 0.2) is 0 Å². The van der Waals surface area contributed by atoms with E-state index in [-0.39, 0.29) is 5.84 Å². The van der Waals surface area contributed by atoms with Crippen molar-refractivity contribution in [3.63, 3.8) is 0 Å². The predicted molar refractivity (Wildman–Crippen MR) is 67.4 cm³/mol. The Labute approximate surface area is 103 Å². The fourth-order valence-electron chi connectivity index (χ4n) is 1.48. The summed E-state index contributed by atoms with van der Waals surface area (Å²) in [5, 5.41) is 15.0. The van der Waals surface area contributed by atoms with Crippen LogP contribution in [-0.4, -0.2) is 21.0 Å². The fraction of sp³-hybridized carbons (Fsp3) is 0.182. The molecule has 6 heteroatoms. The van der Waals surface area contributed by atoms with E-state index in [0.29, 0.717) is 5.16 Å². The smallest absolute Gasteiger partial charge is 0.213 e. The molecule has 0 bridgehead atoms. The number of H-pyrrole nitrogens is 1. The molecule has 88 valence electrons. The van der Waals surface area contributed by atoms with Gasteiger partial charge in [0.1, 0.15) is 11.7 Å². The summed E-state index contributed by atoms with van der Waals surface area (Å²) in [4.78, 5) is 5.26. The number of nitrogens with zero attached hydrogens (tertiary/aromatic N) is 2. The van der Waals surface area contributed by atoms with Crippen molar-refractivity contribution in [1.82, 2.24) is 15.2 Å². The van der Waals surface area contributed by atoms with Gasteiger partial charge in [-0.2, -0.15) is 0 Å². The monoisotopic (exact) mass is 247 g/mol. The first-order chi connectivity index (χ1) is 8.06. The molecule has 1 heterocycles. The zero-order valence-electron chi connectivity index (χ0n) is 9.61. The minimum absolute atomic E-state index is 0.0905. The lowest BCUT2D eigenvalue weighted by atomic mass is 10.1. The number of aryl methyl sites for hydroxylation is 2. The number of nitrogens with one attached hydrogen (secondary N) is 2. The molecule has 0 fully saturated rings. The number of hydrogen-bond donors (Lipinski definition) is 3. The number of nitrogen functional groups attached to an aromatic ring is 1. The molecule has 0 saturated heterocycles. The van der Waals surface area contributed by atoms with Gasteiger partial charge in [0.25, 0.3) is 0 Å². The maximum absolute atomic E-state index is 7.41. The molecule has 1 aromatic carbocycles. The Bertz CT molecular complexity index is 561. The van der Waals surface area contributed by atoms with Gasteiger partial charge < -0.3 is 5.73 Å². The number of hydrogen-bond acceptors (Lipinski definition) is 4. The summed E-state index contributed by atoms with van der Waals surface area (Å²) in [5.74, 6) is 0.886. The SMILES string of the molecule is Cc1nc(Sc2ccc(C(=N)N)c(C)c2)n[nH]1. The van der Waals surface area contributed by atoms with Crippen molar-refractivity contribution in [2.75, 3.05) is 0 Å². The van der Waals surface area contributed by atoms with Crippen LogP contribution >= 0.6 is 11.8 Å². The van der Waals surface area contributed by atoms with Crippen LogP contribution < -0.4 is 5.73 Å². The molecule has 2 rings (SSSR count). The van der Waals surface area contributed by atoms with Gasteiger partial charge in [0.2, 0.25) is 5.16 Å². The molecule has 0 saturated carbocycles. The summed E-state index contributed by atoms with van der Waals surface area (Å²) in [7, 11) is 0. The first kappa shape index (κ1) is 11.7. The van der Waals surface area contributed by atoms with Crippen molar-refractivity contribution < 1.29 is 0 Å². The molecular weight excluding hydrogens is 234 g/mol. The maximum Gasteiger partial charge on any atom is 0.213 e. The van der Waals surface area contributed by atoms with Gasteiger partial charge in [0, 0.05) is 10.5 Å². The molecule has 0 atom stereocenters. The molecule has 1 aromatic heterocycles. The van der Waals surface area contributed by atoms with Gasteiger partial charge in [-0.25, -0.2) is 4.98 Å². The lowest BCUT2D eigenvalue weighted by Crippen LogP contribution is -2.12. The topological polar surface area (TPSA) is 91.4 Å². The Morgan fingerprint density at radius 2 is 2.18 bits per heavy atom. The van der Waals surface area contributed by atoms with E-state index in [1.165, 1.54) is 11.8 Å². The normalized spacial score (nSPS) is 10.5. The molecule has 2 aromatic rings. The lowest BCUT2D eigenvalue weighted by Gasteiger charge is -2.05. The molecule has 0 spiro atoms. The van der Waals surface area contributed by atoms with Crippen molar-refractivity contribution in [2.45, 2.75) is 23.9 Å². The van der Waals surface area contributed by atoms with Crippen LogP contribution in [0.5, 0.6) is 0 Å². The van der Waals surface area contributed by atoms with E-state index in [4.69, 9.17) is 11.1 Å². The summed E-state index contributed by atoms with van der Waals surface area (Å²) < 4.78 is 0. The summed E-state index contributed by atoms with van der Waals surface area (Å²) in [6.45, 7) is 3.80. The average Bonchev–Trinajstić information content (AvgIpc) is 2.63. The van der Waals surface area contributed by atoms with Crippen molar-refractivity contribution >= 4 is 17.6 Å². The first-order valence-corrected chi connectivity index (χ1v) is 5.90. The molecular formula is C11H13N5S. The zero-order chi connectivity index (χ0) is 12.4. The highest BCUT2D eigenvalue weighted by atomic mass is 32.2. The van der Waals surface area contributed by atoms with Gasteiger partial charge in [-0.1, -0.05) is 0 Å². The predicted octanol–water partition coefficient (Wildman–Crippen LogP) is 1.86. The van der Waals surface area contributed by atoms with E-state index >= 15 is 0 Å². The van der Waals surface area contributed by atoms with E-state index in [1.807, 2.05) is 32.0 Å². The molecule has 0 aliphatic rings. The van der Waals surface area contributed by atoms with Crippen LogP contribution in [0, 0.1) is 19.3 Å². The number of benzene rings is 1. The highest BCUT2D eigenvalue weighted by Crippen LogP contribution is 2.26. The van der Waals surface area contributed by atoms with Crippen LogP contribution in [0.1, 0.15) is 17.0 Å². The van der Waals surface area contributed by atoms with Crippen molar-refractivity contribution in [2.24, 2.45) is 5.73 Å². The third-order valence-corrected chi connectivity index (χ3v) is 3.13. The van der Waals surface area contributed by atoms with E-state index < -0.39 is 0 Å². The van der Waals surface area contributed by atoms with Crippen LogP contribution in [-0.2, 0) is 0 Å². The third-order valence-electron chi connectivity index (χ3n) is 2.27. The Morgan fingerprint density at radius 1 is 1.41 bits per heavy atom. The first-order valence-electron chi connectivity index (χ1n) is 5.08. The van der Waals surface area contributed by atoms with Gasteiger partial charge in [-0.3, -0.25) is 10.5 Å². The standard InChI is InChI=1S/C11H13N5S/c1-6-5-8(3-4-9(6)10(12)13)17-11-14-7(2)15-16-11/h3-5H,1-2H3,(H3,12,13)(H,14,15,16). The van der Waals surface area contributed by atoms with E-state index in [2.05, 4.69) is 15.2 Å². The van der Waals surface area contributed by atoms with Crippen LogP contribution in [0.25, 0.3) is 0 Å². The summed E-state index contributed by atoms with van der Waals surface area (Å²) in [6.07, 6.45) is 0. The summed E-state index contributed by atoms with van der Waals surface area (Å²) >= 11 is 1.48. The van der Waals surface area contributed by atoms with Crippen LogP contribution in [0.15, 0.2) is 28.3 Å².